The highest BCUT2D eigenvalue weighted by molar-refractivity contribution is 7.84. The first-order chi connectivity index (χ1) is 15.0. The van der Waals surface area contributed by atoms with Gasteiger partial charge in [-0.25, -0.2) is 0 Å². The van der Waals surface area contributed by atoms with Crippen LogP contribution in [0.1, 0.15) is 47.7 Å². The fraction of sp³-hybridized carbons (Fsp3) is 0.360. The molecule has 162 valence electrons. The van der Waals surface area contributed by atoms with Crippen molar-refractivity contribution in [3.63, 3.8) is 0 Å². The van der Waals surface area contributed by atoms with E-state index in [2.05, 4.69) is 41.6 Å². The monoisotopic (exact) mass is 435 g/mol. The van der Waals surface area contributed by atoms with Crippen molar-refractivity contribution in [2.75, 3.05) is 16.8 Å². The number of carbonyl (C=O) groups is 1. The summed E-state index contributed by atoms with van der Waals surface area (Å²) in [5, 5.41) is 7.45. The summed E-state index contributed by atoms with van der Waals surface area (Å²) in [6.07, 6.45) is 5.41. The second-order valence-electron chi connectivity index (χ2n) is 8.18. The van der Waals surface area contributed by atoms with Crippen LogP contribution >= 0.6 is 0 Å². The first kappa shape index (κ1) is 21.5. The van der Waals surface area contributed by atoms with Crippen LogP contribution in [0.25, 0.3) is 10.9 Å². The Balaban J connectivity index is 1.75. The first-order valence-electron chi connectivity index (χ1n) is 10.9. The summed E-state index contributed by atoms with van der Waals surface area (Å²) >= 11 is 0. The topological polar surface area (TPSA) is 71.1 Å². The van der Waals surface area contributed by atoms with Crippen LogP contribution in [0, 0.1) is 6.92 Å². The quantitative estimate of drug-likeness (QED) is 0.502. The standard InChI is InChI=1S/C25H29N3O2S/c1-3-12-31(30)13-11-18-15-21-23(14-17(18)2)26-16-22(25(29)28-20-9-10-20)24(21)27-19-7-5-4-6-8-19/h4-8,14-16,20H,3,9-13H2,1-2H3,(H,26,27)(H,28,29). The maximum atomic E-state index is 13.0. The third-order valence-electron chi connectivity index (χ3n) is 5.56. The van der Waals surface area contributed by atoms with Crippen LogP contribution < -0.4 is 10.6 Å². The number of aromatic nitrogens is 1. The average Bonchev–Trinajstić information content (AvgIpc) is 3.57. The number of amides is 1. The number of hydrogen-bond donors (Lipinski definition) is 2. The largest absolute Gasteiger partial charge is 0.354 e. The van der Waals surface area contributed by atoms with Gasteiger partial charge in [0.15, 0.2) is 0 Å². The van der Waals surface area contributed by atoms with E-state index in [1.807, 2.05) is 30.3 Å². The van der Waals surface area contributed by atoms with Crippen LogP contribution in [0.2, 0.25) is 0 Å². The third-order valence-corrected chi connectivity index (χ3v) is 7.08. The van der Waals surface area contributed by atoms with Gasteiger partial charge in [0.2, 0.25) is 0 Å². The van der Waals surface area contributed by atoms with E-state index in [-0.39, 0.29) is 11.9 Å². The van der Waals surface area contributed by atoms with Crippen molar-refractivity contribution in [2.24, 2.45) is 0 Å². The predicted octanol–water partition coefficient (Wildman–Crippen LogP) is 4.88. The average molecular weight is 436 g/mol. The van der Waals surface area contributed by atoms with Crippen LogP contribution in [-0.2, 0) is 17.2 Å². The van der Waals surface area contributed by atoms with Crippen molar-refractivity contribution in [2.45, 2.75) is 45.6 Å². The van der Waals surface area contributed by atoms with Gasteiger partial charge in [-0.1, -0.05) is 25.1 Å². The molecule has 2 aromatic carbocycles. The summed E-state index contributed by atoms with van der Waals surface area (Å²) in [5.41, 5.74) is 5.36. The smallest absolute Gasteiger partial charge is 0.255 e. The molecule has 5 nitrogen and oxygen atoms in total. The summed E-state index contributed by atoms with van der Waals surface area (Å²) in [6.45, 7) is 4.12. The van der Waals surface area contributed by atoms with E-state index in [0.717, 1.165) is 64.8 Å². The van der Waals surface area contributed by atoms with Gasteiger partial charge in [0.25, 0.3) is 5.91 Å². The third kappa shape index (κ3) is 5.31. The molecule has 1 aliphatic rings. The Morgan fingerprint density at radius 3 is 2.65 bits per heavy atom. The van der Waals surface area contributed by atoms with Gasteiger partial charge < -0.3 is 10.6 Å². The Labute approximate surface area is 186 Å². The molecule has 4 rings (SSSR count). The molecular formula is C25H29N3O2S. The molecule has 2 N–H and O–H groups in total. The molecule has 1 heterocycles. The lowest BCUT2D eigenvalue weighted by Gasteiger charge is -2.16. The summed E-state index contributed by atoms with van der Waals surface area (Å²) in [7, 11) is -0.806. The lowest BCUT2D eigenvalue weighted by atomic mass is 10.00. The highest BCUT2D eigenvalue weighted by atomic mass is 32.2. The van der Waals surface area contributed by atoms with Crippen molar-refractivity contribution in [3.05, 3.63) is 65.4 Å². The Hall–Kier alpha value is -2.73. The van der Waals surface area contributed by atoms with E-state index >= 15 is 0 Å². The summed E-state index contributed by atoms with van der Waals surface area (Å²) in [5.74, 6) is 1.29. The summed E-state index contributed by atoms with van der Waals surface area (Å²) in [4.78, 5) is 17.6. The van der Waals surface area contributed by atoms with E-state index in [1.54, 1.807) is 6.20 Å². The van der Waals surface area contributed by atoms with Crippen molar-refractivity contribution in [3.8, 4) is 0 Å². The zero-order chi connectivity index (χ0) is 21.8. The number of anilines is 2. The van der Waals surface area contributed by atoms with Gasteiger partial charge in [-0.15, -0.1) is 0 Å². The minimum atomic E-state index is -0.806. The molecule has 1 unspecified atom stereocenters. The lowest BCUT2D eigenvalue weighted by Crippen LogP contribution is -2.26. The molecule has 3 aromatic rings. The van der Waals surface area contributed by atoms with Gasteiger partial charge in [0, 0.05) is 45.6 Å². The number of para-hydroxylation sites is 1. The lowest BCUT2D eigenvalue weighted by molar-refractivity contribution is 0.0951. The van der Waals surface area contributed by atoms with Crippen molar-refractivity contribution < 1.29 is 9.00 Å². The van der Waals surface area contributed by atoms with Crippen LogP contribution in [-0.4, -0.2) is 32.6 Å². The second kappa shape index (κ2) is 9.60. The summed E-state index contributed by atoms with van der Waals surface area (Å²) < 4.78 is 12.2. The second-order valence-corrected chi connectivity index (χ2v) is 9.88. The number of pyridine rings is 1. The van der Waals surface area contributed by atoms with Gasteiger partial charge in [0.05, 0.1) is 16.8 Å². The van der Waals surface area contributed by atoms with Crippen LogP contribution in [0.5, 0.6) is 0 Å². The van der Waals surface area contributed by atoms with E-state index in [0.29, 0.717) is 11.3 Å². The highest BCUT2D eigenvalue weighted by Crippen LogP contribution is 2.32. The Morgan fingerprint density at radius 1 is 1.16 bits per heavy atom. The highest BCUT2D eigenvalue weighted by Gasteiger charge is 2.26. The Kier molecular flexibility index (Phi) is 6.66. The molecule has 1 saturated carbocycles. The summed E-state index contributed by atoms with van der Waals surface area (Å²) in [6, 6.07) is 14.3. The molecular weight excluding hydrogens is 406 g/mol. The number of benzene rings is 2. The van der Waals surface area contributed by atoms with E-state index in [9.17, 15) is 9.00 Å². The van der Waals surface area contributed by atoms with Crippen LogP contribution in [0.3, 0.4) is 0 Å². The van der Waals surface area contributed by atoms with E-state index < -0.39 is 10.8 Å². The fourth-order valence-corrected chi connectivity index (χ4v) is 4.78. The zero-order valence-corrected chi connectivity index (χ0v) is 18.9. The molecule has 0 saturated heterocycles. The van der Waals surface area contributed by atoms with Crippen LogP contribution in [0.4, 0.5) is 11.4 Å². The molecule has 0 radical (unpaired) electrons. The van der Waals surface area contributed by atoms with Gasteiger partial charge in [-0.2, -0.15) is 0 Å². The maximum absolute atomic E-state index is 13.0. The molecule has 6 heteroatoms. The minimum absolute atomic E-state index is 0.0958. The fourth-order valence-electron chi connectivity index (χ4n) is 3.67. The molecule has 0 aliphatic heterocycles. The number of nitrogens with one attached hydrogen (secondary N) is 2. The Bertz CT molecular complexity index is 1110. The normalized spacial score (nSPS) is 14.4. The maximum Gasteiger partial charge on any atom is 0.255 e. The molecule has 1 atom stereocenters. The molecule has 0 bridgehead atoms. The molecule has 31 heavy (non-hydrogen) atoms. The van der Waals surface area contributed by atoms with Gasteiger partial charge in [-0.05, 0) is 68.0 Å². The number of carbonyl (C=O) groups excluding carboxylic acids is 1. The van der Waals surface area contributed by atoms with Crippen molar-refractivity contribution >= 4 is 39.0 Å². The van der Waals surface area contributed by atoms with Crippen molar-refractivity contribution in [1.82, 2.24) is 10.3 Å². The molecule has 1 fully saturated rings. The van der Waals surface area contributed by atoms with Crippen molar-refractivity contribution in [1.29, 1.82) is 0 Å². The SMILES string of the molecule is CCCS(=O)CCc1cc2c(Nc3ccccc3)c(C(=O)NC3CC3)cnc2cc1C. The number of hydrogen-bond acceptors (Lipinski definition) is 4. The predicted molar refractivity (Wildman–Crippen MR) is 129 cm³/mol. The first-order valence-corrected chi connectivity index (χ1v) is 12.4. The van der Waals surface area contributed by atoms with Crippen LogP contribution in [0.15, 0.2) is 48.7 Å². The van der Waals surface area contributed by atoms with Gasteiger partial charge in [0.1, 0.15) is 0 Å². The number of aryl methyl sites for hydroxylation is 2. The number of rotatable bonds is 9. The minimum Gasteiger partial charge on any atom is -0.354 e. The van der Waals surface area contributed by atoms with Gasteiger partial charge in [-0.3, -0.25) is 14.0 Å². The molecule has 1 aromatic heterocycles. The number of nitrogens with zero attached hydrogens (tertiary/aromatic N) is 1. The Morgan fingerprint density at radius 2 is 1.94 bits per heavy atom. The molecule has 1 aliphatic carbocycles. The number of fused-ring (bicyclic) bond motifs is 1. The zero-order valence-electron chi connectivity index (χ0n) is 18.1. The molecule has 1 amide bonds. The van der Waals surface area contributed by atoms with E-state index in [4.69, 9.17) is 0 Å². The van der Waals surface area contributed by atoms with E-state index in [1.165, 1.54) is 0 Å². The molecule has 0 spiro atoms. The van der Waals surface area contributed by atoms with Gasteiger partial charge >= 0.3 is 0 Å².